The summed E-state index contributed by atoms with van der Waals surface area (Å²) in [5.74, 6) is -0.890. The molecule has 1 aromatic heterocycles. The molecule has 30 heavy (non-hydrogen) atoms. The number of ether oxygens (including phenoxy) is 3. The summed E-state index contributed by atoms with van der Waals surface area (Å²) in [5.41, 5.74) is 0.168. The Hall–Kier alpha value is -3.95. The number of hydrogen-bond donors (Lipinski definition) is 2. The minimum absolute atomic E-state index is 0.107. The van der Waals surface area contributed by atoms with Gasteiger partial charge in [0, 0.05) is 24.0 Å². The van der Waals surface area contributed by atoms with Crippen LogP contribution in [0.4, 0.5) is 18.9 Å². The smallest absolute Gasteiger partial charge is 0.503 e. The third-order valence-electron chi connectivity index (χ3n) is 3.71. The van der Waals surface area contributed by atoms with Gasteiger partial charge >= 0.3 is 6.36 Å². The van der Waals surface area contributed by atoms with Crippen molar-refractivity contribution in [2.24, 2.45) is 0 Å². The average molecular weight is 420 g/mol. The molecule has 0 radical (unpaired) electrons. The Kier molecular flexibility index (Phi) is 5.95. The number of alkyl halides is 3. The molecule has 0 saturated carbocycles. The number of carbonyl (C=O) groups is 1. The summed E-state index contributed by atoms with van der Waals surface area (Å²) in [5, 5.41) is 12.5. The highest BCUT2D eigenvalue weighted by Crippen LogP contribution is 2.30. The van der Waals surface area contributed by atoms with Crippen LogP contribution in [-0.2, 0) is 0 Å². The third kappa shape index (κ3) is 5.31. The molecule has 3 aromatic rings. The van der Waals surface area contributed by atoms with Crippen molar-refractivity contribution in [2.45, 2.75) is 6.36 Å². The van der Waals surface area contributed by atoms with Gasteiger partial charge in [-0.05, 0) is 36.4 Å². The van der Waals surface area contributed by atoms with Gasteiger partial charge in [0.05, 0.1) is 7.11 Å². The van der Waals surface area contributed by atoms with Crippen LogP contribution in [0.25, 0.3) is 0 Å². The van der Waals surface area contributed by atoms with E-state index in [2.05, 4.69) is 15.0 Å². The third-order valence-corrected chi connectivity index (χ3v) is 3.71. The first-order valence-electron chi connectivity index (χ1n) is 8.42. The van der Waals surface area contributed by atoms with Crippen molar-refractivity contribution in [1.29, 1.82) is 0 Å². The fourth-order valence-electron chi connectivity index (χ4n) is 2.43. The van der Waals surface area contributed by atoms with E-state index in [-0.39, 0.29) is 17.2 Å². The second kappa shape index (κ2) is 8.60. The highest BCUT2D eigenvalue weighted by molar-refractivity contribution is 6.05. The molecule has 10 heteroatoms. The monoisotopic (exact) mass is 420 g/mol. The summed E-state index contributed by atoms with van der Waals surface area (Å²) in [6.07, 6.45) is -3.48. The van der Waals surface area contributed by atoms with Crippen molar-refractivity contribution in [2.75, 3.05) is 12.4 Å². The Morgan fingerprint density at radius 2 is 1.73 bits per heavy atom. The van der Waals surface area contributed by atoms with Crippen LogP contribution in [-0.4, -0.2) is 29.5 Å². The fraction of sp³-hybridized carbons (Fsp3) is 0.100. The topological polar surface area (TPSA) is 89.9 Å². The molecule has 1 heterocycles. The number of rotatable bonds is 6. The van der Waals surface area contributed by atoms with Crippen LogP contribution in [0.3, 0.4) is 0 Å². The van der Waals surface area contributed by atoms with Crippen molar-refractivity contribution in [3.05, 3.63) is 66.5 Å². The van der Waals surface area contributed by atoms with Crippen molar-refractivity contribution < 1.29 is 37.3 Å². The number of halogens is 3. The molecule has 0 bridgehead atoms. The standard InChI is InChI=1S/C20H15F3N2O5/c1-28-16-9-10-24-17(18(16)26)19(27)25-12-5-7-13(8-6-12)29-14-3-2-4-15(11-14)30-20(21,22)23/h2-11,26H,1H3,(H,25,27). The van der Waals surface area contributed by atoms with Gasteiger partial charge in [0.1, 0.15) is 17.2 Å². The van der Waals surface area contributed by atoms with Crippen LogP contribution in [0.5, 0.6) is 28.7 Å². The van der Waals surface area contributed by atoms with E-state index in [0.717, 1.165) is 12.1 Å². The first-order chi connectivity index (χ1) is 14.2. The lowest BCUT2D eigenvalue weighted by molar-refractivity contribution is -0.274. The lowest BCUT2D eigenvalue weighted by atomic mass is 10.2. The Morgan fingerprint density at radius 3 is 2.40 bits per heavy atom. The number of carbonyl (C=O) groups excluding carboxylic acids is 1. The van der Waals surface area contributed by atoms with Gasteiger partial charge < -0.3 is 24.6 Å². The second-order valence-corrected chi connectivity index (χ2v) is 5.81. The van der Waals surface area contributed by atoms with Crippen molar-refractivity contribution in [3.8, 4) is 28.7 Å². The number of pyridine rings is 1. The second-order valence-electron chi connectivity index (χ2n) is 5.81. The molecule has 3 rings (SSSR count). The lowest BCUT2D eigenvalue weighted by Crippen LogP contribution is -2.17. The molecule has 0 fully saturated rings. The molecule has 0 aliphatic heterocycles. The molecule has 0 aliphatic rings. The minimum atomic E-state index is -4.80. The highest BCUT2D eigenvalue weighted by Gasteiger charge is 2.31. The summed E-state index contributed by atoms with van der Waals surface area (Å²) >= 11 is 0. The zero-order valence-corrected chi connectivity index (χ0v) is 15.4. The quantitative estimate of drug-likeness (QED) is 0.599. The number of aromatic nitrogens is 1. The van der Waals surface area contributed by atoms with Gasteiger partial charge in [-0.1, -0.05) is 6.07 Å². The summed E-state index contributed by atoms with van der Waals surface area (Å²) in [6.45, 7) is 0. The van der Waals surface area contributed by atoms with E-state index in [1.165, 1.54) is 55.8 Å². The van der Waals surface area contributed by atoms with E-state index >= 15 is 0 Å². The first-order valence-corrected chi connectivity index (χ1v) is 8.42. The van der Waals surface area contributed by atoms with Crippen LogP contribution in [0.1, 0.15) is 10.5 Å². The van der Waals surface area contributed by atoms with Crippen LogP contribution >= 0.6 is 0 Å². The Labute approximate surface area is 168 Å². The van der Waals surface area contributed by atoms with E-state index in [1.807, 2.05) is 0 Å². The van der Waals surface area contributed by atoms with E-state index < -0.39 is 23.8 Å². The van der Waals surface area contributed by atoms with E-state index in [1.54, 1.807) is 0 Å². The van der Waals surface area contributed by atoms with Gasteiger partial charge in [0.15, 0.2) is 17.2 Å². The summed E-state index contributed by atoms with van der Waals surface area (Å²) < 4.78 is 51.2. The van der Waals surface area contributed by atoms with E-state index in [0.29, 0.717) is 11.4 Å². The maximum Gasteiger partial charge on any atom is 0.573 e. The summed E-state index contributed by atoms with van der Waals surface area (Å²) in [6, 6.07) is 12.5. The van der Waals surface area contributed by atoms with E-state index in [9.17, 15) is 23.1 Å². The van der Waals surface area contributed by atoms with Crippen molar-refractivity contribution in [1.82, 2.24) is 4.98 Å². The Balaban J connectivity index is 1.67. The summed E-state index contributed by atoms with van der Waals surface area (Å²) in [7, 11) is 1.35. The lowest BCUT2D eigenvalue weighted by Gasteiger charge is -2.11. The largest absolute Gasteiger partial charge is 0.573 e. The number of aromatic hydroxyl groups is 1. The molecular formula is C20H15F3N2O5. The maximum atomic E-state index is 12.3. The molecule has 7 nitrogen and oxygen atoms in total. The Bertz CT molecular complexity index is 1040. The van der Waals surface area contributed by atoms with Crippen LogP contribution in [0.15, 0.2) is 60.8 Å². The minimum Gasteiger partial charge on any atom is -0.503 e. The van der Waals surface area contributed by atoms with Gasteiger partial charge in [0.2, 0.25) is 0 Å². The first kappa shape index (κ1) is 20.8. The SMILES string of the molecule is COc1ccnc(C(=O)Nc2ccc(Oc3cccc(OC(F)(F)F)c3)cc2)c1O. The van der Waals surface area contributed by atoms with E-state index in [4.69, 9.17) is 9.47 Å². The molecule has 2 N–H and O–H groups in total. The number of nitrogens with zero attached hydrogens (tertiary/aromatic N) is 1. The number of methoxy groups -OCH3 is 1. The molecule has 0 spiro atoms. The number of nitrogens with one attached hydrogen (secondary N) is 1. The maximum absolute atomic E-state index is 12.3. The zero-order chi connectivity index (χ0) is 21.7. The average Bonchev–Trinajstić information content (AvgIpc) is 2.68. The normalized spacial score (nSPS) is 10.9. The van der Waals surface area contributed by atoms with Crippen molar-refractivity contribution in [3.63, 3.8) is 0 Å². The van der Waals surface area contributed by atoms with Gasteiger partial charge in [-0.15, -0.1) is 13.2 Å². The number of anilines is 1. The fourth-order valence-corrected chi connectivity index (χ4v) is 2.43. The molecule has 0 atom stereocenters. The van der Waals surface area contributed by atoms with Crippen LogP contribution in [0.2, 0.25) is 0 Å². The van der Waals surface area contributed by atoms with Crippen molar-refractivity contribution >= 4 is 11.6 Å². The molecular weight excluding hydrogens is 405 g/mol. The van der Waals surface area contributed by atoms with Crippen LogP contribution < -0.4 is 19.5 Å². The zero-order valence-electron chi connectivity index (χ0n) is 15.4. The van der Waals surface area contributed by atoms with Gasteiger partial charge in [-0.2, -0.15) is 0 Å². The number of benzene rings is 2. The predicted octanol–water partition coefficient (Wildman–Crippen LogP) is 4.74. The predicted molar refractivity (Wildman–Crippen MR) is 100 cm³/mol. The summed E-state index contributed by atoms with van der Waals surface area (Å²) in [4.78, 5) is 16.1. The van der Waals surface area contributed by atoms with Gasteiger partial charge in [-0.3, -0.25) is 4.79 Å². The molecule has 0 saturated heterocycles. The Morgan fingerprint density at radius 1 is 1.03 bits per heavy atom. The molecule has 156 valence electrons. The van der Waals surface area contributed by atoms with Gasteiger partial charge in [0.25, 0.3) is 5.91 Å². The van der Waals surface area contributed by atoms with Gasteiger partial charge in [-0.25, -0.2) is 4.98 Å². The highest BCUT2D eigenvalue weighted by atomic mass is 19.4. The molecule has 0 unspecified atom stereocenters. The molecule has 0 aliphatic carbocycles. The number of amides is 1. The molecule has 1 amide bonds. The van der Waals surface area contributed by atoms with Crippen LogP contribution in [0, 0.1) is 0 Å². The number of hydrogen-bond acceptors (Lipinski definition) is 6. The molecule has 2 aromatic carbocycles.